The normalized spacial score (nSPS) is 26.6. The summed E-state index contributed by atoms with van der Waals surface area (Å²) in [5.74, 6) is 0.910. The van der Waals surface area contributed by atoms with E-state index in [0.717, 1.165) is 17.7 Å². The van der Waals surface area contributed by atoms with Crippen LogP contribution in [-0.4, -0.2) is 18.8 Å². The van der Waals surface area contributed by atoms with Gasteiger partial charge < -0.3 is 9.84 Å². The number of ether oxygens (including phenoxy) is 1. The molecule has 1 fully saturated rings. The van der Waals surface area contributed by atoms with E-state index in [9.17, 15) is 5.11 Å². The van der Waals surface area contributed by atoms with E-state index in [1.54, 1.807) is 7.11 Å². The molecule has 88 valence electrons. The molecule has 0 radical (unpaired) electrons. The summed E-state index contributed by atoms with van der Waals surface area (Å²) in [6.45, 7) is 6.71. The first-order chi connectivity index (χ1) is 7.48. The lowest BCUT2D eigenvalue weighted by Crippen LogP contribution is -2.20. The van der Waals surface area contributed by atoms with Crippen molar-refractivity contribution in [2.45, 2.75) is 32.6 Å². The Balaban J connectivity index is 2.49. The van der Waals surface area contributed by atoms with Gasteiger partial charge in [-0.15, -0.1) is 0 Å². The first-order valence-electron chi connectivity index (χ1n) is 5.73. The topological polar surface area (TPSA) is 29.5 Å². The van der Waals surface area contributed by atoms with E-state index < -0.39 is 0 Å². The maximum atomic E-state index is 9.69. The van der Waals surface area contributed by atoms with Gasteiger partial charge in [0.25, 0.3) is 0 Å². The Labute approximate surface area is 97.3 Å². The van der Waals surface area contributed by atoms with Crippen molar-refractivity contribution in [2.24, 2.45) is 5.41 Å². The average molecular weight is 220 g/mol. The van der Waals surface area contributed by atoms with Crippen molar-refractivity contribution < 1.29 is 9.84 Å². The zero-order chi connectivity index (χ0) is 12.0. The molecule has 2 heteroatoms. The molecule has 0 saturated heterocycles. The first kappa shape index (κ1) is 11.5. The summed E-state index contributed by atoms with van der Waals surface area (Å²) >= 11 is 0. The maximum Gasteiger partial charge on any atom is 0.122 e. The molecule has 0 amide bonds. The van der Waals surface area contributed by atoms with Gasteiger partial charge in [0.05, 0.1) is 13.7 Å². The monoisotopic (exact) mass is 220 g/mol. The number of rotatable bonds is 3. The van der Waals surface area contributed by atoms with Crippen molar-refractivity contribution >= 4 is 0 Å². The molecule has 0 aliphatic heterocycles. The van der Waals surface area contributed by atoms with Crippen LogP contribution in [0.2, 0.25) is 0 Å². The summed E-state index contributed by atoms with van der Waals surface area (Å²) < 4.78 is 5.34. The molecule has 2 rings (SSSR count). The van der Waals surface area contributed by atoms with E-state index in [1.807, 2.05) is 12.1 Å². The highest BCUT2D eigenvalue weighted by Crippen LogP contribution is 2.64. The Kier molecular flexibility index (Phi) is 2.50. The highest BCUT2D eigenvalue weighted by atomic mass is 16.5. The Hall–Kier alpha value is -1.02. The van der Waals surface area contributed by atoms with Crippen LogP contribution in [0.3, 0.4) is 0 Å². The van der Waals surface area contributed by atoms with Crippen LogP contribution in [0.5, 0.6) is 5.75 Å². The summed E-state index contributed by atoms with van der Waals surface area (Å²) in [6, 6.07) is 6.09. The third kappa shape index (κ3) is 1.36. The van der Waals surface area contributed by atoms with Gasteiger partial charge >= 0.3 is 0 Å². The maximum absolute atomic E-state index is 9.69. The predicted molar refractivity (Wildman–Crippen MR) is 64.9 cm³/mol. The van der Waals surface area contributed by atoms with Gasteiger partial charge in [-0.1, -0.05) is 26.0 Å². The number of methoxy groups -OCH3 is 1. The smallest absolute Gasteiger partial charge is 0.122 e. The minimum absolute atomic E-state index is 0.0639. The van der Waals surface area contributed by atoms with E-state index in [2.05, 4.69) is 26.8 Å². The van der Waals surface area contributed by atoms with Gasteiger partial charge in [-0.2, -0.15) is 0 Å². The molecule has 16 heavy (non-hydrogen) atoms. The second-order valence-electron chi connectivity index (χ2n) is 5.43. The van der Waals surface area contributed by atoms with Gasteiger partial charge in [0.1, 0.15) is 5.75 Å². The van der Waals surface area contributed by atoms with Crippen LogP contribution in [0.1, 0.15) is 31.4 Å². The number of benzene rings is 1. The van der Waals surface area contributed by atoms with Crippen molar-refractivity contribution in [3.8, 4) is 5.75 Å². The average Bonchev–Trinajstić information content (AvgIpc) is 2.82. The second-order valence-corrected chi connectivity index (χ2v) is 5.43. The fourth-order valence-corrected chi connectivity index (χ4v) is 2.88. The Morgan fingerprint density at radius 2 is 2.00 bits per heavy atom. The largest absolute Gasteiger partial charge is 0.496 e. The zero-order valence-corrected chi connectivity index (χ0v) is 10.5. The third-order valence-electron chi connectivity index (χ3n) is 4.20. The summed E-state index contributed by atoms with van der Waals surface area (Å²) in [5.41, 5.74) is 2.52. The SMILES string of the molecule is COc1cccc(C2(CO)CC2(C)C)c1C. The summed E-state index contributed by atoms with van der Waals surface area (Å²) in [7, 11) is 1.69. The molecular weight excluding hydrogens is 200 g/mol. The molecule has 1 atom stereocenters. The van der Waals surface area contributed by atoms with Crippen LogP contribution >= 0.6 is 0 Å². The Morgan fingerprint density at radius 3 is 2.44 bits per heavy atom. The molecule has 0 bridgehead atoms. The Bertz CT molecular complexity index is 409. The van der Waals surface area contributed by atoms with Crippen molar-refractivity contribution in [3.63, 3.8) is 0 Å². The zero-order valence-electron chi connectivity index (χ0n) is 10.5. The van der Waals surface area contributed by atoms with Crippen molar-refractivity contribution in [3.05, 3.63) is 29.3 Å². The predicted octanol–water partition coefficient (Wildman–Crippen LogP) is 2.66. The van der Waals surface area contributed by atoms with E-state index in [4.69, 9.17) is 4.74 Å². The van der Waals surface area contributed by atoms with Gasteiger partial charge in [-0.05, 0) is 36.0 Å². The molecule has 0 spiro atoms. The fourth-order valence-electron chi connectivity index (χ4n) is 2.88. The first-order valence-corrected chi connectivity index (χ1v) is 5.73. The highest BCUT2D eigenvalue weighted by Gasteiger charge is 2.62. The lowest BCUT2D eigenvalue weighted by Gasteiger charge is -2.21. The number of aliphatic hydroxyl groups excluding tert-OH is 1. The van der Waals surface area contributed by atoms with Gasteiger partial charge in [0, 0.05) is 5.41 Å². The molecular formula is C14H20O2. The highest BCUT2D eigenvalue weighted by molar-refractivity contribution is 5.48. The molecule has 0 heterocycles. The molecule has 1 aliphatic carbocycles. The van der Waals surface area contributed by atoms with E-state index >= 15 is 0 Å². The molecule has 1 unspecified atom stereocenters. The van der Waals surface area contributed by atoms with E-state index in [-0.39, 0.29) is 17.4 Å². The van der Waals surface area contributed by atoms with Crippen molar-refractivity contribution in [1.29, 1.82) is 0 Å². The van der Waals surface area contributed by atoms with Crippen LogP contribution in [0, 0.1) is 12.3 Å². The number of hydrogen-bond donors (Lipinski definition) is 1. The molecule has 2 nitrogen and oxygen atoms in total. The number of hydrogen-bond acceptors (Lipinski definition) is 2. The second kappa shape index (κ2) is 3.49. The molecule has 1 saturated carbocycles. The molecule has 0 aromatic heterocycles. The lowest BCUT2D eigenvalue weighted by atomic mass is 9.85. The third-order valence-corrected chi connectivity index (χ3v) is 4.20. The van der Waals surface area contributed by atoms with Gasteiger partial charge in [-0.3, -0.25) is 0 Å². The van der Waals surface area contributed by atoms with Crippen LogP contribution in [0.4, 0.5) is 0 Å². The van der Waals surface area contributed by atoms with Crippen molar-refractivity contribution in [1.82, 2.24) is 0 Å². The fraction of sp³-hybridized carbons (Fsp3) is 0.571. The van der Waals surface area contributed by atoms with Crippen LogP contribution < -0.4 is 4.74 Å². The Morgan fingerprint density at radius 1 is 1.38 bits per heavy atom. The quantitative estimate of drug-likeness (QED) is 0.848. The molecule has 1 aromatic carbocycles. The van der Waals surface area contributed by atoms with Crippen LogP contribution in [-0.2, 0) is 5.41 Å². The minimum atomic E-state index is -0.0639. The van der Waals surface area contributed by atoms with Crippen LogP contribution in [0.15, 0.2) is 18.2 Å². The standard InChI is InChI=1S/C14H20O2/c1-10-11(6-5-7-12(10)16-4)14(9-15)8-13(14,2)3/h5-7,15H,8-9H2,1-4H3. The summed E-state index contributed by atoms with van der Waals surface area (Å²) in [6.07, 6.45) is 1.05. The van der Waals surface area contributed by atoms with Gasteiger partial charge in [0.2, 0.25) is 0 Å². The molecule has 1 N–H and O–H groups in total. The molecule has 1 aromatic rings. The van der Waals surface area contributed by atoms with Crippen molar-refractivity contribution in [2.75, 3.05) is 13.7 Å². The van der Waals surface area contributed by atoms with Gasteiger partial charge in [0.15, 0.2) is 0 Å². The minimum Gasteiger partial charge on any atom is -0.496 e. The lowest BCUT2D eigenvalue weighted by molar-refractivity contribution is 0.230. The number of aliphatic hydroxyl groups is 1. The summed E-state index contributed by atoms with van der Waals surface area (Å²) in [4.78, 5) is 0. The van der Waals surface area contributed by atoms with E-state index in [1.165, 1.54) is 5.56 Å². The van der Waals surface area contributed by atoms with Gasteiger partial charge in [-0.25, -0.2) is 0 Å². The molecule has 1 aliphatic rings. The van der Waals surface area contributed by atoms with Crippen LogP contribution in [0.25, 0.3) is 0 Å². The summed E-state index contributed by atoms with van der Waals surface area (Å²) in [5, 5.41) is 9.69. The van der Waals surface area contributed by atoms with E-state index in [0.29, 0.717) is 0 Å².